The normalized spacial score (nSPS) is 16.1. The molecule has 4 nitrogen and oxygen atoms in total. The highest BCUT2D eigenvalue weighted by Crippen LogP contribution is 2.33. The number of fused-ring (bicyclic) bond motifs is 1. The summed E-state index contributed by atoms with van der Waals surface area (Å²) in [4.78, 5) is 23.5. The summed E-state index contributed by atoms with van der Waals surface area (Å²) in [7, 11) is 0. The highest BCUT2D eigenvalue weighted by atomic mass is 32.1. The SMILES string of the molecule is Cc1ccc2c(C(=O)NC(C(=O)O)C3CC3)csc2c1. The van der Waals surface area contributed by atoms with Gasteiger partial charge in [0.2, 0.25) is 0 Å². The lowest BCUT2D eigenvalue weighted by Crippen LogP contribution is -2.42. The van der Waals surface area contributed by atoms with Gasteiger partial charge in [-0.15, -0.1) is 11.3 Å². The van der Waals surface area contributed by atoms with Crippen molar-refractivity contribution in [3.63, 3.8) is 0 Å². The predicted molar refractivity (Wildman–Crippen MR) is 78.2 cm³/mol. The monoisotopic (exact) mass is 289 g/mol. The van der Waals surface area contributed by atoms with Crippen molar-refractivity contribution in [3.05, 3.63) is 34.7 Å². The molecule has 1 heterocycles. The van der Waals surface area contributed by atoms with E-state index < -0.39 is 12.0 Å². The molecule has 2 N–H and O–H groups in total. The molecule has 1 aliphatic rings. The first-order valence-corrected chi connectivity index (χ1v) is 7.46. The average Bonchev–Trinajstić information content (AvgIpc) is 3.14. The van der Waals surface area contributed by atoms with E-state index in [2.05, 4.69) is 5.32 Å². The fourth-order valence-corrected chi connectivity index (χ4v) is 3.38. The van der Waals surface area contributed by atoms with E-state index in [1.54, 1.807) is 5.38 Å². The summed E-state index contributed by atoms with van der Waals surface area (Å²) in [5.74, 6) is -1.15. The number of rotatable bonds is 4. The number of nitrogens with one attached hydrogen (secondary N) is 1. The summed E-state index contributed by atoms with van der Waals surface area (Å²) in [5.41, 5.74) is 1.71. The fourth-order valence-electron chi connectivity index (χ4n) is 2.34. The number of thiophene rings is 1. The summed E-state index contributed by atoms with van der Waals surface area (Å²) in [6, 6.07) is 5.15. The van der Waals surface area contributed by atoms with E-state index in [0.717, 1.165) is 28.5 Å². The van der Waals surface area contributed by atoms with Crippen molar-refractivity contribution in [2.75, 3.05) is 0 Å². The number of carboxylic acid groups (broad SMARTS) is 1. The highest BCUT2D eigenvalue weighted by molar-refractivity contribution is 7.17. The maximum absolute atomic E-state index is 12.3. The summed E-state index contributed by atoms with van der Waals surface area (Å²) in [6.45, 7) is 2.01. The lowest BCUT2D eigenvalue weighted by molar-refractivity contribution is -0.139. The van der Waals surface area contributed by atoms with E-state index >= 15 is 0 Å². The number of amides is 1. The number of carbonyl (C=O) groups is 2. The predicted octanol–water partition coefficient (Wildman–Crippen LogP) is 2.80. The van der Waals surface area contributed by atoms with E-state index in [-0.39, 0.29) is 11.8 Å². The molecule has 1 aliphatic carbocycles. The lowest BCUT2D eigenvalue weighted by atomic mass is 10.1. The van der Waals surface area contributed by atoms with E-state index in [9.17, 15) is 9.59 Å². The molecule has 1 unspecified atom stereocenters. The largest absolute Gasteiger partial charge is 0.480 e. The van der Waals surface area contributed by atoms with Crippen LogP contribution in [0.15, 0.2) is 23.6 Å². The molecule has 0 aliphatic heterocycles. The number of carboxylic acids is 1. The zero-order chi connectivity index (χ0) is 14.3. The first kappa shape index (κ1) is 13.1. The highest BCUT2D eigenvalue weighted by Gasteiger charge is 2.37. The number of aliphatic carboxylic acids is 1. The van der Waals surface area contributed by atoms with Gasteiger partial charge in [0.1, 0.15) is 6.04 Å². The third-order valence-electron chi connectivity index (χ3n) is 3.62. The zero-order valence-electron chi connectivity index (χ0n) is 11.1. The molecule has 0 bridgehead atoms. The van der Waals surface area contributed by atoms with Crippen molar-refractivity contribution < 1.29 is 14.7 Å². The number of carbonyl (C=O) groups excluding carboxylic acids is 1. The zero-order valence-corrected chi connectivity index (χ0v) is 11.9. The third-order valence-corrected chi connectivity index (χ3v) is 4.57. The molecule has 0 saturated heterocycles. The molecule has 1 amide bonds. The smallest absolute Gasteiger partial charge is 0.326 e. The fraction of sp³-hybridized carbons (Fsp3) is 0.333. The Kier molecular flexibility index (Phi) is 3.22. The van der Waals surface area contributed by atoms with Gasteiger partial charge in [-0.25, -0.2) is 4.79 Å². The van der Waals surface area contributed by atoms with Gasteiger partial charge < -0.3 is 10.4 Å². The second-order valence-corrected chi connectivity index (χ2v) is 6.19. The summed E-state index contributed by atoms with van der Waals surface area (Å²) >= 11 is 1.51. The number of hydrogen-bond donors (Lipinski definition) is 2. The molecule has 3 rings (SSSR count). The Bertz CT molecular complexity index is 687. The molecule has 20 heavy (non-hydrogen) atoms. The first-order valence-electron chi connectivity index (χ1n) is 6.58. The van der Waals surface area contributed by atoms with Crippen molar-refractivity contribution in [2.24, 2.45) is 5.92 Å². The van der Waals surface area contributed by atoms with E-state index in [1.165, 1.54) is 11.3 Å². The van der Waals surface area contributed by atoms with Gasteiger partial charge in [0.25, 0.3) is 5.91 Å². The van der Waals surface area contributed by atoms with Gasteiger partial charge >= 0.3 is 5.97 Å². The third kappa shape index (κ3) is 2.41. The number of hydrogen-bond acceptors (Lipinski definition) is 3. The lowest BCUT2D eigenvalue weighted by Gasteiger charge is -2.13. The first-order chi connectivity index (χ1) is 9.56. The minimum absolute atomic E-state index is 0.0867. The van der Waals surface area contributed by atoms with Crippen LogP contribution in [0.3, 0.4) is 0 Å². The molecule has 1 aromatic carbocycles. The Morgan fingerprint density at radius 3 is 2.80 bits per heavy atom. The van der Waals surface area contributed by atoms with Crippen LogP contribution in [0.25, 0.3) is 10.1 Å². The van der Waals surface area contributed by atoms with Crippen LogP contribution in [0.2, 0.25) is 0 Å². The van der Waals surface area contributed by atoms with Crippen molar-refractivity contribution in [3.8, 4) is 0 Å². The molecular weight excluding hydrogens is 274 g/mol. The van der Waals surface area contributed by atoms with Crippen LogP contribution in [-0.4, -0.2) is 23.0 Å². The molecule has 0 spiro atoms. The topological polar surface area (TPSA) is 66.4 Å². The van der Waals surface area contributed by atoms with Gasteiger partial charge in [0.05, 0.1) is 5.56 Å². The minimum atomic E-state index is -0.948. The second kappa shape index (κ2) is 4.90. The molecule has 104 valence electrons. The summed E-state index contributed by atoms with van der Waals surface area (Å²) < 4.78 is 1.05. The standard InChI is InChI=1S/C15H15NO3S/c1-8-2-5-10-11(7-20-12(10)6-8)14(17)16-13(15(18)19)9-3-4-9/h2,5-7,9,13H,3-4H2,1H3,(H,16,17)(H,18,19). The van der Waals surface area contributed by atoms with Gasteiger partial charge in [-0.1, -0.05) is 12.1 Å². The molecule has 1 fully saturated rings. The molecule has 1 atom stereocenters. The Balaban J connectivity index is 1.86. The maximum atomic E-state index is 12.3. The Labute approximate surface area is 120 Å². The van der Waals surface area contributed by atoms with Crippen LogP contribution in [0.4, 0.5) is 0 Å². The van der Waals surface area contributed by atoms with Crippen LogP contribution in [-0.2, 0) is 4.79 Å². The van der Waals surface area contributed by atoms with Crippen LogP contribution in [0, 0.1) is 12.8 Å². The Hall–Kier alpha value is -1.88. The quantitative estimate of drug-likeness (QED) is 0.909. The van der Waals surface area contributed by atoms with Crippen molar-refractivity contribution >= 4 is 33.3 Å². The Morgan fingerprint density at radius 2 is 2.15 bits per heavy atom. The second-order valence-electron chi connectivity index (χ2n) is 5.28. The molecule has 1 saturated carbocycles. The van der Waals surface area contributed by atoms with Gasteiger partial charge in [-0.3, -0.25) is 4.79 Å². The van der Waals surface area contributed by atoms with Gasteiger partial charge in [0.15, 0.2) is 0 Å². The molecule has 0 radical (unpaired) electrons. The number of aryl methyl sites for hydroxylation is 1. The average molecular weight is 289 g/mol. The van der Waals surface area contributed by atoms with Crippen LogP contribution >= 0.6 is 11.3 Å². The number of benzene rings is 1. The van der Waals surface area contributed by atoms with Crippen LogP contribution < -0.4 is 5.32 Å². The van der Waals surface area contributed by atoms with E-state index in [0.29, 0.717) is 5.56 Å². The van der Waals surface area contributed by atoms with Crippen molar-refractivity contribution in [1.82, 2.24) is 5.32 Å². The van der Waals surface area contributed by atoms with Gasteiger partial charge in [-0.2, -0.15) is 0 Å². The van der Waals surface area contributed by atoms with Crippen LogP contribution in [0.5, 0.6) is 0 Å². The van der Waals surface area contributed by atoms with Gasteiger partial charge in [-0.05, 0) is 37.3 Å². The molecule has 5 heteroatoms. The molecular formula is C15H15NO3S. The molecule has 2 aromatic rings. The Morgan fingerprint density at radius 1 is 1.40 bits per heavy atom. The maximum Gasteiger partial charge on any atom is 0.326 e. The van der Waals surface area contributed by atoms with E-state index in [1.807, 2.05) is 25.1 Å². The molecule has 1 aromatic heterocycles. The van der Waals surface area contributed by atoms with Crippen molar-refractivity contribution in [2.45, 2.75) is 25.8 Å². The van der Waals surface area contributed by atoms with E-state index in [4.69, 9.17) is 5.11 Å². The van der Waals surface area contributed by atoms with Crippen LogP contribution in [0.1, 0.15) is 28.8 Å². The van der Waals surface area contributed by atoms with Crippen molar-refractivity contribution in [1.29, 1.82) is 0 Å². The summed E-state index contributed by atoms with van der Waals surface area (Å²) in [6.07, 6.45) is 1.75. The minimum Gasteiger partial charge on any atom is -0.480 e. The summed E-state index contributed by atoms with van der Waals surface area (Å²) in [5, 5.41) is 14.5. The van der Waals surface area contributed by atoms with Gasteiger partial charge in [0, 0.05) is 15.5 Å².